The van der Waals surface area contributed by atoms with Crippen LogP contribution in [0.5, 0.6) is 17.2 Å². The number of nitrogens with one attached hydrogen (secondary N) is 2. The average molecular weight is 427 g/mol. The minimum absolute atomic E-state index is 0.0117. The molecule has 0 radical (unpaired) electrons. The quantitative estimate of drug-likeness (QED) is 0.646. The highest BCUT2D eigenvalue weighted by Gasteiger charge is 2.42. The van der Waals surface area contributed by atoms with Gasteiger partial charge in [0.2, 0.25) is 17.6 Å². The molecule has 0 saturated carbocycles. The highest BCUT2D eigenvalue weighted by Crippen LogP contribution is 2.47. The molecule has 1 heterocycles. The molecule has 0 unspecified atom stereocenters. The molecule has 0 aromatic heterocycles. The highest BCUT2D eigenvalue weighted by atomic mass is 16.5. The molecule has 31 heavy (non-hydrogen) atoms. The Morgan fingerprint density at radius 3 is 2.00 bits per heavy atom. The van der Waals surface area contributed by atoms with Crippen LogP contribution >= 0.6 is 0 Å². The Labute approximate surface area is 178 Å². The van der Waals surface area contributed by atoms with E-state index in [0.29, 0.717) is 11.4 Å². The summed E-state index contributed by atoms with van der Waals surface area (Å²) < 4.78 is 15.8. The number of nitrogens with zero attached hydrogens (tertiary/aromatic N) is 1. The number of carbonyl (C=O) groups excluding carboxylic acids is 4. The van der Waals surface area contributed by atoms with E-state index in [9.17, 15) is 19.2 Å². The van der Waals surface area contributed by atoms with Crippen molar-refractivity contribution in [2.75, 3.05) is 43.4 Å². The van der Waals surface area contributed by atoms with Crippen molar-refractivity contribution < 1.29 is 33.4 Å². The first kappa shape index (κ1) is 21.6. The third-order valence-electron chi connectivity index (χ3n) is 4.56. The van der Waals surface area contributed by atoms with E-state index in [1.54, 1.807) is 24.3 Å². The van der Waals surface area contributed by atoms with E-state index in [4.69, 9.17) is 14.2 Å². The second-order valence-electron chi connectivity index (χ2n) is 6.57. The van der Waals surface area contributed by atoms with Crippen molar-refractivity contribution in [3.05, 3.63) is 35.9 Å². The maximum absolute atomic E-state index is 12.6. The molecule has 162 valence electrons. The van der Waals surface area contributed by atoms with Gasteiger partial charge in [-0.2, -0.15) is 0 Å². The van der Waals surface area contributed by atoms with Crippen LogP contribution in [0, 0.1) is 0 Å². The summed E-state index contributed by atoms with van der Waals surface area (Å²) in [5.74, 6) is -1.91. The Bertz CT molecular complexity index is 1060. The van der Waals surface area contributed by atoms with E-state index < -0.39 is 24.1 Å². The summed E-state index contributed by atoms with van der Waals surface area (Å²) in [5.41, 5.74) is 1.24. The molecular formula is C21H21N3O7. The number of fused-ring (bicyclic) bond motifs is 1. The predicted octanol–water partition coefficient (Wildman–Crippen LogP) is 1.84. The molecule has 0 fully saturated rings. The van der Waals surface area contributed by atoms with Gasteiger partial charge in [0.25, 0.3) is 11.7 Å². The summed E-state index contributed by atoms with van der Waals surface area (Å²) in [6.07, 6.45) is 0. The number of ether oxygens (including phenoxy) is 3. The zero-order valence-electron chi connectivity index (χ0n) is 17.4. The number of amides is 3. The van der Waals surface area contributed by atoms with Crippen molar-refractivity contribution in [1.82, 2.24) is 0 Å². The molecule has 0 bridgehead atoms. The summed E-state index contributed by atoms with van der Waals surface area (Å²) >= 11 is 0. The number of methoxy groups -OCH3 is 3. The summed E-state index contributed by atoms with van der Waals surface area (Å²) in [6.45, 7) is 0.991. The SMILES string of the molecule is COc1cc2c(c(OC)c1OC)C(=O)C(=O)N2CC(=O)Nc1ccc(NC(C)=O)cc1. The second kappa shape index (κ2) is 8.74. The zero-order chi connectivity index (χ0) is 22.7. The fourth-order valence-electron chi connectivity index (χ4n) is 3.26. The smallest absolute Gasteiger partial charge is 0.300 e. The number of hydrogen-bond acceptors (Lipinski definition) is 7. The van der Waals surface area contributed by atoms with Crippen LogP contribution in [0.2, 0.25) is 0 Å². The van der Waals surface area contributed by atoms with Crippen molar-refractivity contribution in [2.24, 2.45) is 0 Å². The lowest BCUT2D eigenvalue weighted by molar-refractivity contribution is -0.118. The van der Waals surface area contributed by atoms with Gasteiger partial charge in [-0.05, 0) is 24.3 Å². The number of Topliss-reactive ketones (excluding diaryl/α,β-unsaturated/α-hetero) is 1. The summed E-state index contributed by atoms with van der Waals surface area (Å²) in [5, 5.41) is 5.27. The number of ketones is 1. The van der Waals surface area contributed by atoms with Crippen molar-refractivity contribution in [3.63, 3.8) is 0 Å². The molecule has 10 heteroatoms. The molecule has 1 aliphatic rings. The normalized spacial score (nSPS) is 12.3. The maximum Gasteiger partial charge on any atom is 0.300 e. The molecule has 2 aromatic rings. The fraction of sp³-hybridized carbons (Fsp3) is 0.238. The first-order valence-corrected chi connectivity index (χ1v) is 9.17. The molecule has 3 amide bonds. The van der Waals surface area contributed by atoms with E-state index in [-0.39, 0.29) is 34.4 Å². The minimum Gasteiger partial charge on any atom is -0.493 e. The van der Waals surface area contributed by atoms with Gasteiger partial charge in [-0.15, -0.1) is 0 Å². The number of hydrogen-bond donors (Lipinski definition) is 2. The van der Waals surface area contributed by atoms with E-state index >= 15 is 0 Å². The number of anilines is 3. The maximum atomic E-state index is 12.6. The second-order valence-corrected chi connectivity index (χ2v) is 6.57. The van der Waals surface area contributed by atoms with Gasteiger partial charge in [0.05, 0.1) is 32.6 Å². The zero-order valence-corrected chi connectivity index (χ0v) is 17.4. The fourth-order valence-corrected chi connectivity index (χ4v) is 3.26. The Balaban J connectivity index is 1.85. The molecular weight excluding hydrogens is 406 g/mol. The monoisotopic (exact) mass is 427 g/mol. The Hall–Kier alpha value is -4.08. The van der Waals surface area contributed by atoms with Gasteiger partial charge < -0.3 is 24.8 Å². The van der Waals surface area contributed by atoms with Crippen LogP contribution in [-0.2, 0) is 14.4 Å². The molecule has 10 nitrogen and oxygen atoms in total. The summed E-state index contributed by atoms with van der Waals surface area (Å²) in [6, 6.07) is 7.91. The Kier molecular flexibility index (Phi) is 6.10. The van der Waals surface area contributed by atoms with Crippen molar-refractivity contribution in [3.8, 4) is 17.2 Å². The molecule has 0 spiro atoms. The van der Waals surface area contributed by atoms with Crippen molar-refractivity contribution in [2.45, 2.75) is 6.92 Å². The van der Waals surface area contributed by atoms with Gasteiger partial charge in [-0.1, -0.05) is 0 Å². The van der Waals surface area contributed by atoms with Crippen LogP contribution in [0.15, 0.2) is 30.3 Å². The Morgan fingerprint density at radius 1 is 0.903 bits per heavy atom. The molecule has 2 aromatic carbocycles. The third kappa shape index (κ3) is 4.13. The van der Waals surface area contributed by atoms with Gasteiger partial charge in [-0.25, -0.2) is 0 Å². The minimum atomic E-state index is -0.861. The lowest BCUT2D eigenvalue weighted by Gasteiger charge is -2.19. The molecule has 1 aliphatic heterocycles. The molecule has 0 saturated heterocycles. The molecule has 3 rings (SSSR count). The summed E-state index contributed by atoms with van der Waals surface area (Å²) in [7, 11) is 4.13. The highest BCUT2D eigenvalue weighted by molar-refractivity contribution is 6.53. The lowest BCUT2D eigenvalue weighted by Crippen LogP contribution is -2.37. The molecule has 2 N–H and O–H groups in total. The van der Waals surface area contributed by atoms with E-state index in [0.717, 1.165) is 4.90 Å². The first-order chi connectivity index (χ1) is 14.8. The van der Waals surface area contributed by atoms with E-state index in [2.05, 4.69) is 10.6 Å². The van der Waals surface area contributed by atoms with Gasteiger partial charge in [0.1, 0.15) is 6.54 Å². The Morgan fingerprint density at radius 2 is 1.48 bits per heavy atom. The number of rotatable bonds is 7. The van der Waals surface area contributed by atoms with Crippen LogP contribution in [0.1, 0.15) is 17.3 Å². The lowest BCUT2D eigenvalue weighted by atomic mass is 10.1. The largest absolute Gasteiger partial charge is 0.493 e. The van der Waals surface area contributed by atoms with E-state index in [1.807, 2.05) is 0 Å². The van der Waals surface area contributed by atoms with Gasteiger partial charge >= 0.3 is 0 Å². The van der Waals surface area contributed by atoms with Gasteiger partial charge in [-0.3, -0.25) is 24.1 Å². The third-order valence-corrected chi connectivity index (χ3v) is 4.56. The van der Waals surface area contributed by atoms with Gasteiger partial charge in [0, 0.05) is 24.4 Å². The van der Waals surface area contributed by atoms with Crippen LogP contribution in [0.3, 0.4) is 0 Å². The standard InChI is InChI=1S/C21H21N3O7/c1-11(25)22-12-5-7-13(8-6-12)23-16(26)10-24-14-9-15(29-2)19(30-3)20(31-4)17(14)18(27)21(24)28/h5-9H,10H2,1-4H3,(H,22,25)(H,23,26). The van der Waals surface area contributed by atoms with Crippen LogP contribution in [0.4, 0.5) is 17.1 Å². The summed E-state index contributed by atoms with van der Waals surface area (Å²) in [4.78, 5) is 49.9. The van der Waals surface area contributed by atoms with Crippen molar-refractivity contribution in [1.29, 1.82) is 0 Å². The number of benzene rings is 2. The van der Waals surface area contributed by atoms with Crippen LogP contribution < -0.4 is 29.7 Å². The van der Waals surface area contributed by atoms with Crippen LogP contribution in [0.25, 0.3) is 0 Å². The van der Waals surface area contributed by atoms with Crippen LogP contribution in [-0.4, -0.2) is 51.4 Å². The first-order valence-electron chi connectivity index (χ1n) is 9.17. The van der Waals surface area contributed by atoms with Crippen molar-refractivity contribution >= 4 is 40.6 Å². The number of carbonyl (C=O) groups is 4. The molecule has 0 atom stereocenters. The average Bonchev–Trinajstić information content (AvgIpc) is 2.97. The van der Waals surface area contributed by atoms with Gasteiger partial charge in [0.15, 0.2) is 11.5 Å². The topological polar surface area (TPSA) is 123 Å². The predicted molar refractivity (Wildman–Crippen MR) is 112 cm³/mol. The van der Waals surface area contributed by atoms with E-state index in [1.165, 1.54) is 34.3 Å². The molecule has 0 aliphatic carbocycles.